The minimum Gasteiger partial charge on any atom is -0.494 e. The van der Waals surface area contributed by atoms with Crippen molar-refractivity contribution in [1.29, 1.82) is 0 Å². The van der Waals surface area contributed by atoms with Crippen LogP contribution in [0.2, 0.25) is 0 Å². The number of ether oxygens (including phenoxy) is 2. The highest BCUT2D eigenvalue weighted by Crippen LogP contribution is 2.16. The maximum absolute atomic E-state index is 12.4. The topological polar surface area (TPSA) is 75.7 Å². The Bertz CT molecular complexity index is 821. The molecule has 2 aromatic rings. The van der Waals surface area contributed by atoms with Crippen molar-refractivity contribution in [2.45, 2.75) is 26.2 Å². The Balaban J connectivity index is 1.46. The SMILES string of the molecule is CCCCCOc1ccc(NC(=S)NC(=O)c2ccc(N3CCOCC3)nc2)cc1. The minimum absolute atomic E-state index is 0.230. The quantitative estimate of drug-likeness (QED) is 0.491. The van der Waals surface area contributed by atoms with Crippen LogP contribution < -0.4 is 20.3 Å². The number of thiocarbonyl (C=S) groups is 1. The van der Waals surface area contributed by atoms with Gasteiger partial charge in [0.15, 0.2) is 5.11 Å². The van der Waals surface area contributed by atoms with Crippen molar-refractivity contribution < 1.29 is 14.3 Å². The molecule has 0 atom stereocenters. The van der Waals surface area contributed by atoms with Crippen LogP contribution in [-0.4, -0.2) is 48.9 Å². The predicted octanol–water partition coefficient (Wildman–Crippen LogP) is 3.61. The number of anilines is 2. The summed E-state index contributed by atoms with van der Waals surface area (Å²) in [5.74, 6) is 1.36. The van der Waals surface area contributed by atoms with Crippen LogP contribution in [0.15, 0.2) is 42.6 Å². The molecular formula is C22H28N4O3S. The maximum atomic E-state index is 12.4. The number of unbranched alkanes of at least 4 members (excludes halogenated alkanes) is 2. The van der Waals surface area contributed by atoms with Crippen LogP contribution in [0.3, 0.4) is 0 Å². The molecule has 0 aliphatic carbocycles. The molecule has 1 fully saturated rings. The van der Waals surface area contributed by atoms with E-state index in [1.165, 1.54) is 12.8 Å². The summed E-state index contributed by atoms with van der Waals surface area (Å²) in [6.07, 6.45) is 4.95. The molecular weight excluding hydrogens is 400 g/mol. The molecule has 1 aromatic carbocycles. The Hall–Kier alpha value is -2.71. The van der Waals surface area contributed by atoms with Crippen LogP contribution in [0.1, 0.15) is 36.5 Å². The summed E-state index contributed by atoms with van der Waals surface area (Å²) in [6.45, 7) is 5.86. The first-order chi connectivity index (χ1) is 14.7. The fraction of sp³-hybridized carbons (Fsp3) is 0.409. The number of amides is 1. The van der Waals surface area contributed by atoms with Crippen LogP contribution in [0, 0.1) is 0 Å². The molecule has 0 spiro atoms. The van der Waals surface area contributed by atoms with Crippen molar-refractivity contribution in [3.8, 4) is 5.75 Å². The zero-order valence-electron chi connectivity index (χ0n) is 17.2. The Morgan fingerprint density at radius 3 is 2.60 bits per heavy atom. The normalized spacial score (nSPS) is 13.6. The second-order valence-electron chi connectivity index (χ2n) is 6.99. The number of aromatic nitrogens is 1. The van der Waals surface area contributed by atoms with Gasteiger partial charge in [-0.15, -0.1) is 0 Å². The Kier molecular flexibility index (Phi) is 8.41. The third-order valence-corrected chi connectivity index (χ3v) is 4.91. The van der Waals surface area contributed by atoms with E-state index in [0.717, 1.165) is 36.8 Å². The minimum atomic E-state index is -0.301. The molecule has 0 unspecified atom stereocenters. The van der Waals surface area contributed by atoms with Gasteiger partial charge in [-0.05, 0) is 55.0 Å². The van der Waals surface area contributed by atoms with Gasteiger partial charge in [0.2, 0.25) is 0 Å². The number of hydrogen-bond donors (Lipinski definition) is 2. The fourth-order valence-electron chi connectivity index (χ4n) is 3.01. The zero-order valence-corrected chi connectivity index (χ0v) is 18.0. The van der Waals surface area contributed by atoms with Crippen LogP contribution >= 0.6 is 12.2 Å². The van der Waals surface area contributed by atoms with E-state index >= 15 is 0 Å². The third-order valence-electron chi connectivity index (χ3n) is 4.70. The second kappa shape index (κ2) is 11.5. The van der Waals surface area contributed by atoms with Crippen molar-refractivity contribution in [2.24, 2.45) is 0 Å². The fourth-order valence-corrected chi connectivity index (χ4v) is 3.22. The van der Waals surface area contributed by atoms with Crippen molar-refractivity contribution >= 4 is 34.7 Å². The summed E-state index contributed by atoms with van der Waals surface area (Å²) < 4.78 is 11.0. The lowest BCUT2D eigenvalue weighted by Crippen LogP contribution is -2.37. The Morgan fingerprint density at radius 1 is 1.17 bits per heavy atom. The second-order valence-corrected chi connectivity index (χ2v) is 7.40. The summed E-state index contributed by atoms with van der Waals surface area (Å²) >= 11 is 5.26. The predicted molar refractivity (Wildman–Crippen MR) is 122 cm³/mol. The molecule has 7 nitrogen and oxygen atoms in total. The van der Waals surface area contributed by atoms with Crippen LogP contribution in [0.5, 0.6) is 5.75 Å². The van der Waals surface area contributed by atoms with Crippen LogP contribution in [0.4, 0.5) is 11.5 Å². The molecule has 1 aromatic heterocycles. The molecule has 1 aliphatic rings. The molecule has 1 saturated heterocycles. The molecule has 30 heavy (non-hydrogen) atoms. The average molecular weight is 429 g/mol. The van der Waals surface area contributed by atoms with Gasteiger partial charge in [-0.25, -0.2) is 4.98 Å². The number of rotatable bonds is 8. The number of carbonyl (C=O) groups excluding carboxylic acids is 1. The zero-order chi connectivity index (χ0) is 21.2. The van der Waals surface area contributed by atoms with E-state index in [-0.39, 0.29) is 11.0 Å². The highest BCUT2D eigenvalue weighted by Gasteiger charge is 2.14. The number of nitrogens with one attached hydrogen (secondary N) is 2. The average Bonchev–Trinajstić information content (AvgIpc) is 2.78. The molecule has 3 rings (SSSR count). The number of morpholine rings is 1. The lowest BCUT2D eigenvalue weighted by Gasteiger charge is -2.27. The van der Waals surface area contributed by atoms with Crippen molar-refractivity contribution in [2.75, 3.05) is 43.1 Å². The summed E-state index contributed by atoms with van der Waals surface area (Å²) in [6, 6.07) is 11.1. The van der Waals surface area contributed by atoms with Crippen molar-refractivity contribution in [3.05, 3.63) is 48.2 Å². The van der Waals surface area contributed by atoms with E-state index in [0.29, 0.717) is 25.4 Å². The van der Waals surface area contributed by atoms with Gasteiger partial charge in [-0.3, -0.25) is 10.1 Å². The summed E-state index contributed by atoms with van der Waals surface area (Å²) in [5, 5.41) is 5.92. The van der Waals surface area contributed by atoms with Gasteiger partial charge in [-0.2, -0.15) is 0 Å². The highest BCUT2D eigenvalue weighted by atomic mass is 32.1. The number of pyridine rings is 1. The van der Waals surface area contributed by atoms with E-state index in [1.54, 1.807) is 12.3 Å². The van der Waals surface area contributed by atoms with Crippen molar-refractivity contribution in [1.82, 2.24) is 10.3 Å². The highest BCUT2D eigenvalue weighted by molar-refractivity contribution is 7.80. The van der Waals surface area contributed by atoms with E-state index < -0.39 is 0 Å². The first-order valence-corrected chi connectivity index (χ1v) is 10.7. The largest absolute Gasteiger partial charge is 0.494 e. The molecule has 160 valence electrons. The van der Waals surface area contributed by atoms with E-state index in [1.807, 2.05) is 30.3 Å². The number of nitrogens with zero attached hydrogens (tertiary/aromatic N) is 2. The standard InChI is InChI=1S/C22H28N4O3S/c1-2-3-4-13-29-19-8-6-18(7-9-19)24-22(30)25-21(27)17-5-10-20(23-16-17)26-11-14-28-15-12-26/h5-10,16H,2-4,11-15H2,1H3,(H2,24,25,27,30). The van der Waals surface area contributed by atoms with Crippen molar-refractivity contribution in [3.63, 3.8) is 0 Å². The van der Waals surface area contributed by atoms with Gasteiger partial charge in [0.05, 0.1) is 25.4 Å². The van der Waals surface area contributed by atoms with Gasteiger partial charge < -0.3 is 19.7 Å². The number of hydrogen-bond acceptors (Lipinski definition) is 6. The lowest BCUT2D eigenvalue weighted by molar-refractivity contribution is 0.0977. The smallest absolute Gasteiger partial charge is 0.258 e. The third kappa shape index (κ3) is 6.67. The molecule has 0 bridgehead atoms. The van der Waals surface area contributed by atoms with Gasteiger partial charge in [0, 0.05) is 25.0 Å². The van der Waals surface area contributed by atoms with Crippen LogP contribution in [-0.2, 0) is 4.74 Å². The van der Waals surface area contributed by atoms with Gasteiger partial charge in [-0.1, -0.05) is 19.8 Å². The van der Waals surface area contributed by atoms with E-state index in [4.69, 9.17) is 21.7 Å². The molecule has 0 saturated carbocycles. The summed E-state index contributed by atoms with van der Waals surface area (Å²) in [7, 11) is 0. The molecule has 2 heterocycles. The van der Waals surface area contributed by atoms with Gasteiger partial charge in [0.25, 0.3) is 5.91 Å². The molecule has 0 radical (unpaired) electrons. The van der Waals surface area contributed by atoms with Crippen LogP contribution in [0.25, 0.3) is 0 Å². The van der Waals surface area contributed by atoms with E-state index in [2.05, 4.69) is 27.4 Å². The molecule has 8 heteroatoms. The molecule has 1 aliphatic heterocycles. The first-order valence-electron chi connectivity index (χ1n) is 10.3. The summed E-state index contributed by atoms with van der Waals surface area (Å²) in [5.41, 5.74) is 1.23. The number of benzene rings is 1. The van der Waals surface area contributed by atoms with Gasteiger partial charge in [0.1, 0.15) is 11.6 Å². The lowest BCUT2D eigenvalue weighted by atomic mass is 10.2. The Morgan fingerprint density at radius 2 is 1.93 bits per heavy atom. The number of carbonyl (C=O) groups is 1. The maximum Gasteiger partial charge on any atom is 0.258 e. The molecule has 1 amide bonds. The Labute approximate surface area is 182 Å². The van der Waals surface area contributed by atoms with E-state index in [9.17, 15) is 4.79 Å². The molecule has 2 N–H and O–H groups in total. The summed E-state index contributed by atoms with van der Waals surface area (Å²) in [4.78, 5) is 19.0. The first kappa shape index (κ1) is 22.0. The monoisotopic (exact) mass is 428 g/mol. The van der Waals surface area contributed by atoms with Gasteiger partial charge >= 0.3 is 0 Å².